The van der Waals surface area contributed by atoms with Crippen molar-refractivity contribution in [2.45, 2.75) is 70.9 Å². The van der Waals surface area contributed by atoms with E-state index in [4.69, 9.17) is 4.74 Å². The summed E-state index contributed by atoms with van der Waals surface area (Å²) in [6.45, 7) is 4.46. The van der Waals surface area contributed by atoms with E-state index in [1.165, 1.54) is 25.7 Å². The highest BCUT2D eigenvalue weighted by molar-refractivity contribution is 5.98. The van der Waals surface area contributed by atoms with Gasteiger partial charge in [0.1, 0.15) is 5.75 Å². The zero-order valence-corrected chi connectivity index (χ0v) is 15.9. The highest BCUT2D eigenvalue weighted by Gasteiger charge is 2.38. The fourth-order valence-electron chi connectivity index (χ4n) is 3.99. The standard InChI is InChI=1S/C21H30N2O3/c1-15(2)26-19-12-8-7-11-18(19)22-21(25)16-13-20(24)23(14-16)17-9-5-3-4-6-10-17/h7-8,11-12,15-17H,3-6,9-10,13-14H2,1-2H3,(H,22,25). The number of carbonyl (C=O) groups is 2. The SMILES string of the molecule is CC(C)Oc1ccccc1NC(=O)C1CC(=O)N(C2CCCCCC2)C1. The van der Waals surface area contributed by atoms with Crippen LogP contribution >= 0.6 is 0 Å². The van der Waals surface area contributed by atoms with Gasteiger partial charge in [-0.1, -0.05) is 37.8 Å². The van der Waals surface area contributed by atoms with Gasteiger partial charge < -0.3 is 15.0 Å². The minimum absolute atomic E-state index is 0.0341. The van der Waals surface area contributed by atoms with Crippen LogP contribution < -0.4 is 10.1 Å². The molecule has 142 valence electrons. The Labute approximate surface area is 156 Å². The van der Waals surface area contributed by atoms with Crippen molar-refractivity contribution >= 4 is 17.5 Å². The molecule has 1 heterocycles. The molecule has 2 amide bonds. The minimum Gasteiger partial charge on any atom is -0.489 e. The Balaban J connectivity index is 1.63. The van der Waals surface area contributed by atoms with Gasteiger partial charge in [-0.05, 0) is 38.8 Å². The number of likely N-dealkylation sites (tertiary alicyclic amines) is 1. The molecule has 1 saturated heterocycles. The maximum Gasteiger partial charge on any atom is 0.229 e. The molecule has 1 saturated carbocycles. The van der Waals surface area contributed by atoms with Crippen molar-refractivity contribution in [2.75, 3.05) is 11.9 Å². The summed E-state index contributed by atoms with van der Waals surface area (Å²) in [5.74, 6) is 0.428. The first kappa shape index (κ1) is 18.7. The van der Waals surface area contributed by atoms with Crippen molar-refractivity contribution < 1.29 is 14.3 Å². The van der Waals surface area contributed by atoms with Crippen molar-refractivity contribution in [3.63, 3.8) is 0 Å². The number of benzene rings is 1. The number of hydrogen-bond donors (Lipinski definition) is 1. The van der Waals surface area contributed by atoms with E-state index < -0.39 is 0 Å². The Hall–Kier alpha value is -2.04. The molecule has 5 nitrogen and oxygen atoms in total. The normalized spacial score (nSPS) is 21.7. The van der Waals surface area contributed by atoms with Crippen LogP contribution in [-0.4, -0.2) is 35.4 Å². The van der Waals surface area contributed by atoms with Gasteiger partial charge in [0.15, 0.2) is 0 Å². The summed E-state index contributed by atoms with van der Waals surface area (Å²) in [7, 11) is 0. The summed E-state index contributed by atoms with van der Waals surface area (Å²) >= 11 is 0. The molecule has 0 spiro atoms. The smallest absolute Gasteiger partial charge is 0.229 e. The van der Waals surface area contributed by atoms with Gasteiger partial charge in [-0.3, -0.25) is 9.59 Å². The molecule has 1 aromatic carbocycles. The van der Waals surface area contributed by atoms with Crippen LogP contribution in [0.2, 0.25) is 0 Å². The van der Waals surface area contributed by atoms with Crippen molar-refractivity contribution in [3.8, 4) is 5.75 Å². The number of hydrogen-bond acceptors (Lipinski definition) is 3. The predicted molar refractivity (Wildman–Crippen MR) is 102 cm³/mol. The Morgan fingerprint density at radius 1 is 1.15 bits per heavy atom. The Kier molecular flexibility index (Phi) is 6.17. The summed E-state index contributed by atoms with van der Waals surface area (Å²) in [5.41, 5.74) is 0.673. The number of anilines is 1. The van der Waals surface area contributed by atoms with E-state index in [-0.39, 0.29) is 23.8 Å². The van der Waals surface area contributed by atoms with E-state index in [0.717, 1.165) is 12.8 Å². The van der Waals surface area contributed by atoms with Crippen LogP contribution in [0.5, 0.6) is 5.75 Å². The molecule has 1 aromatic rings. The first-order chi connectivity index (χ1) is 12.5. The average molecular weight is 358 g/mol. The van der Waals surface area contributed by atoms with Gasteiger partial charge in [0.2, 0.25) is 11.8 Å². The van der Waals surface area contributed by atoms with Gasteiger partial charge in [-0.25, -0.2) is 0 Å². The predicted octanol–water partition coefficient (Wildman–Crippen LogP) is 3.98. The fourth-order valence-corrected chi connectivity index (χ4v) is 3.99. The van der Waals surface area contributed by atoms with E-state index >= 15 is 0 Å². The average Bonchev–Trinajstić information content (AvgIpc) is 2.82. The molecule has 0 aromatic heterocycles. The molecule has 1 unspecified atom stereocenters. The van der Waals surface area contributed by atoms with E-state index in [1.807, 2.05) is 43.0 Å². The number of nitrogens with zero attached hydrogens (tertiary/aromatic N) is 1. The molecular weight excluding hydrogens is 328 g/mol. The summed E-state index contributed by atoms with van der Waals surface area (Å²) in [6, 6.07) is 7.78. The molecule has 26 heavy (non-hydrogen) atoms. The number of amides is 2. The van der Waals surface area contributed by atoms with E-state index in [2.05, 4.69) is 5.32 Å². The third-order valence-corrected chi connectivity index (χ3v) is 5.30. The van der Waals surface area contributed by atoms with Gasteiger partial charge in [-0.15, -0.1) is 0 Å². The molecule has 5 heteroatoms. The van der Waals surface area contributed by atoms with Crippen LogP contribution in [0.1, 0.15) is 58.8 Å². The number of ether oxygens (including phenoxy) is 1. The Bertz CT molecular complexity index is 636. The van der Waals surface area contributed by atoms with Gasteiger partial charge in [-0.2, -0.15) is 0 Å². The first-order valence-corrected chi connectivity index (χ1v) is 9.90. The van der Waals surface area contributed by atoms with Crippen LogP contribution in [0.4, 0.5) is 5.69 Å². The molecule has 1 aliphatic carbocycles. The summed E-state index contributed by atoms with van der Waals surface area (Å²) in [5, 5.41) is 2.97. The molecular formula is C21H30N2O3. The maximum atomic E-state index is 12.7. The minimum atomic E-state index is -0.280. The molecule has 0 bridgehead atoms. The Morgan fingerprint density at radius 2 is 1.85 bits per heavy atom. The number of rotatable bonds is 5. The van der Waals surface area contributed by atoms with Crippen LogP contribution in [0.3, 0.4) is 0 Å². The van der Waals surface area contributed by atoms with Crippen LogP contribution in [0, 0.1) is 5.92 Å². The highest BCUT2D eigenvalue weighted by atomic mass is 16.5. The van der Waals surface area contributed by atoms with Crippen LogP contribution in [-0.2, 0) is 9.59 Å². The lowest BCUT2D eigenvalue weighted by Gasteiger charge is -2.27. The fraction of sp³-hybridized carbons (Fsp3) is 0.619. The molecule has 1 N–H and O–H groups in total. The lowest BCUT2D eigenvalue weighted by atomic mass is 10.1. The molecule has 1 atom stereocenters. The van der Waals surface area contributed by atoms with Crippen LogP contribution in [0.25, 0.3) is 0 Å². The molecule has 2 aliphatic rings. The van der Waals surface area contributed by atoms with Crippen molar-refractivity contribution in [2.24, 2.45) is 5.92 Å². The third-order valence-electron chi connectivity index (χ3n) is 5.30. The van der Waals surface area contributed by atoms with Gasteiger partial charge >= 0.3 is 0 Å². The quantitative estimate of drug-likeness (QED) is 0.810. The molecule has 1 aliphatic heterocycles. The molecule has 2 fully saturated rings. The van der Waals surface area contributed by atoms with E-state index in [9.17, 15) is 9.59 Å². The second-order valence-electron chi connectivity index (χ2n) is 7.74. The summed E-state index contributed by atoms with van der Waals surface area (Å²) in [6.07, 6.45) is 7.39. The second kappa shape index (κ2) is 8.56. The molecule has 3 rings (SSSR count). The highest BCUT2D eigenvalue weighted by Crippen LogP contribution is 2.30. The van der Waals surface area contributed by atoms with Crippen molar-refractivity contribution in [1.82, 2.24) is 4.90 Å². The Morgan fingerprint density at radius 3 is 2.54 bits per heavy atom. The molecule has 0 radical (unpaired) electrons. The lowest BCUT2D eigenvalue weighted by molar-refractivity contribution is -0.130. The van der Waals surface area contributed by atoms with Crippen LogP contribution in [0.15, 0.2) is 24.3 Å². The zero-order chi connectivity index (χ0) is 18.5. The maximum absolute atomic E-state index is 12.7. The van der Waals surface area contributed by atoms with Gasteiger partial charge in [0.25, 0.3) is 0 Å². The van der Waals surface area contributed by atoms with Crippen molar-refractivity contribution in [1.29, 1.82) is 0 Å². The van der Waals surface area contributed by atoms with E-state index in [1.54, 1.807) is 0 Å². The van der Waals surface area contributed by atoms with E-state index in [0.29, 0.717) is 30.4 Å². The van der Waals surface area contributed by atoms with Gasteiger partial charge in [0, 0.05) is 19.0 Å². The van der Waals surface area contributed by atoms with Crippen molar-refractivity contribution in [3.05, 3.63) is 24.3 Å². The zero-order valence-electron chi connectivity index (χ0n) is 15.9. The number of para-hydroxylation sites is 2. The summed E-state index contributed by atoms with van der Waals surface area (Å²) < 4.78 is 5.77. The number of carbonyl (C=O) groups excluding carboxylic acids is 2. The monoisotopic (exact) mass is 358 g/mol. The van der Waals surface area contributed by atoms with Gasteiger partial charge in [0.05, 0.1) is 17.7 Å². The number of nitrogens with one attached hydrogen (secondary N) is 1. The third kappa shape index (κ3) is 4.57. The second-order valence-corrected chi connectivity index (χ2v) is 7.74. The first-order valence-electron chi connectivity index (χ1n) is 9.90. The largest absolute Gasteiger partial charge is 0.489 e. The lowest BCUT2D eigenvalue weighted by Crippen LogP contribution is -2.37. The topological polar surface area (TPSA) is 58.6 Å². The summed E-state index contributed by atoms with van der Waals surface area (Å²) in [4.78, 5) is 27.2.